The van der Waals surface area contributed by atoms with E-state index in [1.165, 1.54) is 18.4 Å². The van der Waals surface area contributed by atoms with Crippen LogP contribution in [0.2, 0.25) is 0 Å². The lowest BCUT2D eigenvalue weighted by atomic mass is 9.96. The van der Waals surface area contributed by atoms with Crippen molar-refractivity contribution >= 4 is 5.97 Å². The predicted octanol–water partition coefficient (Wildman–Crippen LogP) is 2.90. The first-order valence-electron chi connectivity index (χ1n) is 6.28. The summed E-state index contributed by atoms with van der Waals surface area (Å²) in [4.78, 5) is 11.4. The Kier molecular flexibility index (Phi) is 3.33. The molecule has 0 amide bonds. The highest BCUT2D eigenvalue weighted by atomic mass is 16.5. The molecule has 0 aromatic rings. The zero-order valence-corrected chi connectivity index (χ0v) is 9.87. The molecule has 0 bridgehead atoms. The molecular weight excluding hydrogens is 204 g/mol. The third-order valence-electron chi connectivity index (χ3n) is 3.72. The van der Waals surface area contributed by atoms with E-state index in [1.54, 1.807) is 0 Å². The van der Waals surface area contributed by atoms with Gasteiger partial charge in [0, 0.05) is 0 Å². The number of ether oxygens (including phenoxy) is 1. The zero-order valence-electron chi connectivity index (χ0n) is 9.87. The van der Waals surface area contributed by atoms with Gasteiger partial charge in [0.15, 0.2) is 5.60 Å². The normalized spacial score (nSPS) is 34.3. The first-order chi connectivity index (χ1) is 7.66. The predicted molar refractivity (Wildman–Crippen MR) is 61.3 cm³/mol. The van der Waals surface area contributed by atoms with Crippen LogP contribution in [0.3, 0.4) is 0 Å². The van der Waals surface area contributed by atoms with Crippen LogP contribution in [-0.2, 0) is 9.53 Å². The highest BCUT2D eigenvalue weighted by Crippen LogP contribution is 2.37. The van der Waals surface area contributed by atoms with Gasteiger partial charge in [-0.25, -0.2) is 4.79 Å². The second-order valence-electron chi connectivity index (χ2n) is 4.89. The summed E-state index contributed by atoms with van der Waals surface area (Å²) in [6, 6.07) is 0. The molecule has 2 aliphatic rings. The molecule has 2 rings (SSSR count). The van der Waals surface area contributed by atoms with Crippen LogP contribution in [0.25, 0.3) is 0 Å². The molecule has 1 N–H and O–H groups in total. The van der Waals surface area contributed by atoms with Crippen LogP contribution >= 0.6 is 0 Å². The van der Waals surface area contributed by atoms with Crippen LogP contribution in [-0.4, -0.2) is 22.8 Å². The lowest BCUT2D eigenvalue weighted by Crippen LogP contribution is -2.37. The lowest BCUT2D eigenvalue weighted by Gasteiger charge is -2.22. The second kappa shape index (κ2) is 4.58. The molecule has 0 radical (unpaired) electrons. The van der Waals surface area contributed by atoms with E-state index >= 15 is 0 Å². The monoisotopic (exact) mass is 224 g/mol. The highest BCUT2D eigenvalue weighted by molar-refractivity contribution is 5.80. The van der Waals surface area contributed by atoms with Gasteiger partial charge in [-0.15, -0.1) is 0 Å². The van der Waals surface area contributed by atoms with Gasteiger partial charge in [0.05, 0.1) is 6.10 Å². The van der Waals surface area contributed by atoms with Crippen molar-refractivity contribution in [2.45, 2.75) is 63.6 Å². The average molecular weight is 224 g/mol. The van der Waals surface area contributed by atoms with Crippen molar-refractivity contribution in [1.82, 2.24) is 0 Å². The molecule has 0 spiro atoms. The molecule has 16 heavy (non-hydrogen) atoms. The number of carbonyl (C=O) groups is 1. The van der Waals surface area contributed by atoms with Gasteiger partial charge in [0.1, 0.15) is 0 Å². The van der Waals surface area contributed by atoms with Crippen LogP contribution in [0.1, 0.15) is 51.9 Å². The Morgan fingerprint density at radius 2 is 2.25 bits per heavy atom. The molecule has 1 saturated carbocycles. The minimum atomic E-state index is -1.01. The van der Waals surface area contributed by atoms with Gasteiger partial charge < -0.3 is 9.84 Å². The summed E-state index contributed by atoms with van der Waals surface area (Å²) in [6.07, 6.45) is 8.91. The van der Waals surface area contributed by atoms with E-state index in [1.807, 2.05) is 13.0 Å². The van der Waals surface area contributed by atoms with Gasteiger partial charge in [-0.05, 0) is 51.0 Å². The first kappa shape index (κ1) is 11.6. The van der Waals surface area contributed by atoms with Gasteiger partial charge in [-0.3, -0.25) is 0 Å². The fraction of sp³-hybridized carbons (Fsp3) is 0.769. The number of aliphatic carboxylic acids is 1. The lowest BCUT2D eigenvalue weighted by molar-refractivity contribution is -0.158. The molecular formula is C13H20O3. The van der Waals surface area contributed by atoms with Crippen LogP contribution in [0, 0.1) is 0 Å². The molecule has 2 atom stereocenters. The molecule has 1 saturated heterocycles. The van der Waals surface area contributed by atoms with Crippen molar-refractivity contribution in [3.05, 3.63) is 11.6 Å². The van der Waals surface area contributed by atoms with Gasteiger partial charge in [-0.2, -0.15) is 0 Å². The molecule has 1 aliphatic heterocycles. The first-order valence-corrected chi connectivity index (χ1v) is 6.28. The summed E-state index contributed by atoms with van der Waals surface area (Å²) in [7, 11) is 0. The van der Waals surface area contributed by atoms with Gasteiger partial charge in [0.2, 0.25) is 0 Å². The Hall–Kier alpha value is -0.830. The number of rotatable bonds is 3. The number of hydrogen-bond donors (Lipinski definition) is 1. The fourth-order valence-corrected chi connectivity index (χ4v) is 2.71. The van der Waals surface area contributed by atoms with Crippen molar-refractivity contribution in [3.8, 4) is 0 Å². The Labute approximate surface area is 96.5 Å². The SMILES string of the molecule is CCC1CCC(C=C2CCCC2)(C(=O)O)O1. The maximum absolute atomic E-state index is 11.4. The summed E-state index contributed by atoms with van der Waals surface area (Å²) < 4.78 is 5.75. The Balaban J connectivity index is 2.17. The van der Waals surface area contributed by atoms with E-state index in [2.05, 4.69) is 0 Å². The molecule has 0 aromatic heterocycles. The van der Waals surface area contributed by atoms with E-state index in [4.69, 9.17) is 4.74 Å². The summed E-state index contributed by atoms with van der Waals surface area (Å²) in [5.74, 6) is -0.817. The molecule has 3 heteroatoms. The number of carboxylic acid groups (broad SMARTS) is 1. The fourth-order valence-electron chi connectivity index (χ4n) is 2.71. The van der Waals surface area contributed by atoms with E-state index in [-0.39, 0.29) is 6.10 Å². The standard InChI is InChI=1S/C13H20O3/c1-2-11-7-8-13(16-11,12(14)15)9-10-5-3-4-6-10/h9,11H,2-8H2,1H3,(H,14,15). The van der Waals surface area contributed by atoms with Crippen LogP contribution in [0.5, 0.6) is 0 Å². The smallest absolute Gasteiger partial charge is 0.340 e. The minimum absolute atomic E-state index is 0.120. The topological polar surface area (TPSA) is 46.5 Å². The second-order valence-corrected chi connectivity index (χ2v) is 4.89. The maximum atomic E-state index is 11.4. The van der Waals surface area contributed by atoms with Crippen molar-refractivity contribution in [2.24, 2.45) is 0 Å². The quantitative estimate of drug-likeness (QED) is 0.750. The number of hydrogen-bond acceptors (Lipinski definition) is 2. The van der Waals surface area contributed by atoms with Crippen molar-refractivity contribution in [2.75, 3.05) is 0 Å². The molecule has 90 valence electrons. The van der Waals surface area contributed by atoms with Gasteiger partial charge >= 0.3 is 5.97 Å². The van der Waals surface area contributed by atoms with E-state index in [9.17, 15) is 9.90 Å². The van der Waals surface area contributed by atoms with Gasteiger partial charge in [0.25, 0.3) is 0 Å². The summed E-state index contributed by atoms with van der Waals surface area (Å²) in [5, 5.41) is 9.37. The summed E-state index contributed by atoms with van der Waals surface area (Å²) >= 11 is 0. The summed E-state index contributed by atoms with van der Waals surface area (Å²) in [6.45, 7) is 2.05. The molecule has 1 heterocycles. The number of allylic oxidation sites excluding steroid dienone is 1. The molecule has 2 fully saturated rings. The van der Waals surface area contributed by atoms with Crippen LogP contribution in [0.4, 0.5) is 0 Å². The molecule has 2 unspecified atom stereocenters. The van der Waals surface area contributed by atoms with Crippen LogP contribution in [0.15, 0.2) is 11.6 Å². The van der Waals surface area contributed by atoms with Crippen molar-refractivity contribution in [3.63, 3.8) is 0 Å². The van der Waals surface area contributed by atoms with E-state index in [0.717, 1.165) is 25.7 Å². The highest BCUT2D eigenvalue weighted by Gasteiger charge is 2.44. The van der Waals surface area contributed by atoms with Crippen molar-refractivity contribution in [1.29, 1.82) is 0 Å². The van der Waals surface area contributed by atoms with Gasteiger partial charge in [-0.1, -0.05) is 12.5 Å². The summed E-state index contributed by atoms with van der Waals surface area (Å²) in [5.41, 5.74) is 0.263. The Morgan fingerprint density at radius 1 is 1.56 bits per heavy atom. The third-order valence-corrected chi connectivity index (χ3v) is 3.72. The Morgan fingerprint density at radius 3 is 2.75 bits per heavy atom. The zero-order chi connectivity index (χ0) is 11.6. The molecule has 3 nitrogen and oxygen atoms in total. The largest absolute Gasteiger partial charge is 0.479 e. The third kappa shape index (κ3) is 2.14. The average Bonchev–Trinajstić information content (AvgIpc) is 2.88. The van der Waals surface area contributed by atoms with E-state index < -0.39 is 11.6 Å². The molecule has 1 aliphatic carbocycles. The van der Waals surface area contributed by atoms with Crippen LogP contribution < -0.4 is 0 Å². The maximum Gasteiger partial charge on any atom is 0.340 e. The Bertz CT molecular complexity index is 300. The molecule has 0 aromatic carbocycles. The number of carboxylic acids is 1. The minimum Gasteiger partial charge on any atom is -0.479 e. The van der Waals surface area contributed by atoms with Crippen molar-refractivity contribution < 1.29 is 14.6 Å². The van der Waals surface area contributed by atoms with E-state index in [0.29, 0.717) is 6.42 Å².